The molecule has 0 radical (unpaired) electrons. The van der Waals surface area contributed by atoms with Crippen molar-refractivity contribution in [3.05, 3.63) is 28.8 Å². The number of hydrogen-bond acceptors (Lipinski definition) is 3. The van der Waals surface area contributed by atoms with Gasteiger partial charge in [-0.05, 0) is 50.8 Å². The van der Waals surface area contributed by atoms with Crippen LogP contribution in [0.2, 0.25) is 5.02 Å². The first-order valence-corrected chi connectivity index (χ1v) is 8.98. The zero-order valence-electron chi connectivity index (χ0n) is 14.3. The van der Waals surface area contributed by atoms with E-state index >= 15 is 0 Å². The molecule has 0 aromatic heterocycles. The van der Waals surface area contributed by atoms with Gasteiger partial charge >= 0.3 is 0 Å². The molecule has 132 valence electrons. The van der Waals surface area contributed by atoms with Crippen molar-refractivity contribution in [2.45, 2.75) is 58.0 Å². The lowest BCUT2D eigenvalue weighted by atomic mass is 10.0. The number of anilines is 1. The number of nitrogens with zero attached hydrogens (tertiary/aromatic N) is 1. The number of rotatable bonds is 5. The molecule has 0 spiro atoms. The summed E-state index contributed by atoms with van der Waals surface area (Å²) in [6, 6.07) is 4.68. The summed E-state index contributed by atoms with van der Waals surface area (Å²) in [5, 5.41) is 3.10. The molecule has 1 aliphatic heterocycles. The number of nitrogens with one attached hydrogen (secondary N) is 1. The molecule has 0 saturated carbocycles. The summed E-state index contributed by atoms with van der Waals surface area (Å²) in [7, 11) is 0. The van der Waals surface area contributed by atoms with Crippen LogP contribution in [0.15, 0.2) is 18.2 Å². The topological polar surface area (TPSA) is 75.4 Å². The van der Waals surface area contributed by atoms with Gasteiger partial charge in [0.2, 0.25) is 5.91 Å². The van der Waals surface area contributed by atoms with Crippen molar-refractivity contribution in [2.75, 3.05) is 11.9 Å². The monoisotopic (exact) mass is 351 g/mol. The molecule has 1 heterocycles. The van der Waals surface area contributed by atoms with Crippen LogP contribution in [0, 0.1) is 0 Å². The molecule has 1 saturated heterocycles. The predicted octanol–water partition coefficient (Wildman–Crippen LogP) is 3.42. The van der Waals surface area contributed by atoms with Crippen LogP contribution in [-0.2, 0) is 4.79 Å². The third kappa shape index (κ3) is 4.48. The lowest BCUT2D eigenvalue weighted by Gasteiger charge is -2.33. The van der Waals surface area contributed by atoms with Gasteiger partial charge < -0.3 is 16.0 Å². The van der Waals surface area contributed by atoms with Gasteiger partial charge in [0.1, 0.15) is 0 Å². The van der Waals surface area contributed by atoms with Gasteiger partial charge in [-0.3, -0.25) is 9.59 Å². The molecule has 5 nitrogen and oxygen atoms in total. The van der Waals surface area contributed by atoms with Crippen LogP contribution in [0.3, 0.4) is 0 Å². The van der Waals surface area contributed by atoms with Gasteiger partial charge in [-0.2, -0.15) is 0 Å². The fourth-order valence-electron chi connectivity index (χ4n) is 3.00. The first kappa shape index (κ1) is 18.7. The Hall–Kier alpha value is -1.59. The van der Waals surface area contributed by atoms with Crippen LogP contribution >= 0.6 is 11.6 Å². The lowest BCUT2D eigenvalue weighted by Crippen LogP contribution is -2.42. The lowest BCUT2D eigenvalue weighted by molar-refractivity contribution is -0.117. The molecule has 1 aromatic rings. The van der Waals surface area contributed by atoms with Gasteiger partial charge in [-0.25, -0.2) is 0 Å². The third-order valence-corrected chi connectivity index (χ3v) is 4.78. The van der Waals surface area contributed by atoms with Crippen molar-refractivity contribution in [1.29, 1.82) is 0 Å². The van der Waals surface area contributed by atoms with Crippen LogP contribution in [0.25, 0.3) is 0 Å². The van der Waals surface area contributed by atoms with Crippen LogP contribution in [-0.4, -0.2) is 35.3 Å². The van der Waals surface area contributed by atoms with E-state index in [1.165, 1.54) is 0 Å². The molecule has 2 amide bonds. The molecule has 6 heteroatoms. The van der Waals surface area contributed by atoms with E-state index in [0.717, 1.165) is 32.2 Å². The maximum Gasteiger partial charge on any atom is 0.255 e. The number of benzene rings is 1. The maximum atomic E-state index is 12.7. The van der Waals surface area contributed by atoms with E-state index in [9.17, 15) is 9.59 Å². The van der Waals surface area contributed by atoms with Gasteiger partial charge in [-0.15, -0.1) is 0 Å². The van der Waals surface area contributed by atoms with E-state index < -0.39 is 6.04 Å². The number of likely N-dealkylation sites (tertiary alicyclic amines) is 1. The van der Waals surface area contributed by atoms with Crippen molar-refractivity contribution in [3.8, 4) is 0 Å². The standard InChI is InChI=1S/C18H26ClN3O2/c1-3-6-16(20)17(23)21-13-8-9-14(15(19)11-13)18(24)22-10-5-4-7-12(22)2/h8-9,11-12,16H,3-7,10,20H2,1-2H3,(H,21,23). The number of amides is 2. The van der Waals surface area contributed by atoms with Crippen molar-refractivity contribution in [1.82, 2.24) is 4.90 Å². The highest BCUT2D eigenvalue weighted by molar-refractivity contribution is 6.34. The molecule has 24 heavy (non-hydrogen) atoms. The molecule has 1 aromatic carbocycles. The van der Waals surface area contributed by atoms with Crippen molar-refractivity contribution in [3.63, 3.8) is 0 Å². The van der Waals surface area contributed by atoms with Gasteiger partial charge in [-0.1, -0.05) is 24.9 Å². The van der Waals surface area contributed by atoms with E-state index in [0.29, 0.717) is 22.7 Å². The molecule has 2 atom stereocenters. The molecule has 0 bridgehead atoms. The molecule has 2 unspecified atom stereocenters. The summed E-state index contributed by atoms with van der Waals surface area (Å²) in [6.07, 6.45) is 4.67. The summed E-state index contributed by atoms with van der Waals surface area (Å²) in [5.74, 6) is -0.288. The average molecular weight is 352 g/mol. The minimum Gasteiger partial charge on any atom is -0.336 e. The Morgan fingerprint density at radius 2 is 2.17 bits per heavy atom. The Bertz CT molecular complexity index is 606. The smallest absolute Gasteiger partial charge is 0.255 e. The summed E-state index contributed by atoms with van der Waals surface area (Å²) >= 11 is 6.29. The number of nitrogens with two attached hydrogens (primary N) is 1. The molecule has 3 N–H and O–H groups in total. The van der Waals surface area contributed by atoms with Crippen LogP contribution in [0.5, 0.6) is 0 Å². The summed E-state index contributed by atoms with van der Waals surface area (Å²) in [6.45, 7) is 4.81. The Kier molecular flexibility index (Phi) is 6.63. The highest BCUT2D eigenvalue weighted by Crippen LogP contribution is 2.25. The zero-order chi connectivity index (χ0) is 17.7. The normalized spacial score (nSPS) is 19.0. The minimum absolute atomic E-state index is 0.0484. The second-order valence-electron chi connectivity index (χ2n) is 6.42. The second-order valence-corrected chi connectivity index (χ2v) is 6.83. The van der Waals surface area contributed by atoms with Gasteiger partial charge in [0, 0.05) is 18.3 Å². The Balaban J connectivity index is 2.09. The number of hydrogen-bond donors (Lipinski definition) is 2. The first-order chi connectivity index (χ1) is 11.4. The SMILES string of the molecule is CCCC(N)C(=O)Nc1ccc(C(=O)N2CCCCC2C)c(Cl)c1. The van der Waals surface area contributed by atoms with Crippen molar-refractivity contribution < 1.29 is 9.59 Å². The van der Waals surface area contributed by atoms with Crippen molar-refractivity contribution >= 4 is 29.1 Å². The van der Waals surface area contributed by atoms with E-state index in [-0.39, 0.29) is 17.9 Å². The van der Waals surface area contributed by atoms with Crippen molar-refractivity contribution in [2.24, 2.45) is 5.73 Å². The summed E-state index contributed by atoms with van der Waals surface area (Å²) in [4.78, 5) is 26.5. The maximum absolute atomic E-state index is 12.7. The van der Waals surface area contributed by atoms with Crippen LogP contribution in [0.4, 0.5) is 5.69 Å². The molecule has 1 aliphatic rings. The number of carbonyl (C=O) groups is 2. The molecular weight excluding hydrogens is 326 g/mol. The number of piperidine rings is 1. The molecule has 0 aliphatic carbocycles. The van der Waals surface area contributed by atoms with Gasteiger partial charge in [0.15, 0.2) is 0 Å². The number of carbonyl (C=O) groups excluding carboxylic acids is 2. The first-order valence-electron chi connectivity index (χ1n) is 8.61. The van der Waals surface area contributed by atoms with E-state index in [4.69, 9.17) is 17.3 Å². The van der Waals surface area contributed by atoms with Crippen LogP contribution in [0.1, 0.15) is 56.3 Å². The minimum atomic E-state index is -0.538. The quantitative estimate of drug-likeness (QED) is 0.853. The predicted molar refractivity (Wildman–Crippen MR) is 97.3 cm³/mol. The zero-order valence-corrected chi connectivity index (χ0v) is 15.1. The Labute approximate surface area is 148 Å². The van der Waals surface area contributed by atoms with Gasteiger partial charge in [0.25, 0.3) is 5.91 Å². The van der Waals surface area contributed by atoms with Crippen LogP contribution < -0.4 is 11.1 Å². The average Bonchev–Trinajstić information content (AvgIpc) is 2.55. The number of halogens is 1. The second kappa shape index (κ2) is 8.49. The molecular formula is C18H26ClN3O2. The highest BCUT2D eigenvalue weighted by atomic mass is 35.5. The highest BCUT2D eigenvalue weighted by Gasteiger charge is 2.25. The van der Waals surface area contributed by atoms with Gasteiger partial charge in [0.05, 0.1) is 16.6 Å². The van der Waals surface area contributed by atoms with E-state index in [1.807, 2.05) is 11.8 Å². The fourth-order valence-corrected chi connectivity index (χ4v) is 3.26. The Morgan fingerprint density at radius 3 is 2.79 bits per heavy atom. The van der Waals surface area contributed by atoms with E-state index in [2.05, 4.69) is 12.2 Å². The fraction of sp³-hybridized carbons (Fsp3) is 0.556. The summed E-state index contributed by atoms with van der Waals surface area (Å²) < 4.78 is 0. The summed E-state index contributed by atoms with van der Waals surface area (Å²) in [5.41, 5.74) is 6.83. The Morgan fingerprint density at radius 1 is 1.42 bits per heavy atom. The molecule has 2 rings (SSSR count). The third-order valence-electron chi connectivity index (χ3n) is 4.47. The van der Waals surface area contributed by atoms with E-state index in [1.54, 1.807) is 18.2 Å². The largest absolute Gasteiger partial charge is 0.336 e. The molecule has 1 fully saturated rings.